The number of halogens is 1. The van der Waals surface area contributed by atoms with Crippen molar-refractivity contribution in [3.05, 3.63) is 33.8 Å². The highest BCUT2D eigenvalue weighted by Gasteiger charge is 2.27. The molecule has 1 aliphatic heterocycles. The van der Waals surface area contributed by atoms with E-state index in [1.54, 1.807) is 0 Å². The molecule has 1 aliphatic rings. The van der Waals surface area contributed by atoms with E-state index in [0.29, 0.717) is 13.0 Å². The highest BCUT2D eigenvalue weighted by molar-refractivity contribution is 9.10. The number of benzene rings is 1. The van der Waals surface area contributed by atoms with E-state index in [4.69, 9.17) is 0 Å². The van der Waals surface area contributed by atoms with Gasteiger partial charge >= 0.3 is 5.97 Å². The number of hydrogen-bond donors (Lipinski definition) is 0. The van der Waals surface area contributed by atoms with E-state index in [-0.39, 0.29) is 11.9 Å². The lowest BCUT2D eigenvalue weighted by Crippen LogP contribution is -2.24. The second-order valence-electron chi connectivity index (χ2n) is 4.88. The summed E-state index contributed by atoms with van der Waals surface area (Å²) in [6, 6.07) is 5.73. The van der Waals surface area contributed by atoms with Crippen molar-refractivity contribution in [1.29, 1.82) is 0 Å². The Hall–Kier alpha value is -1.36. The first-order valence-electron chi connectivity index (χ1n) is 6.77. The molecule has 1 aromatic carbocycles. The van der Waals surface area contributed by atoms with Gasteiger partial charge in [-0.25, -0.2) is 0 Å². The van der Waals surface area contributed by atoms with Gasteiger partial charge < -0.3 is 9.64 Å². The quantitative estimate of drug-likeness (QED) is 0.590. The monoisotopic (exact) mass is 339 g/mol. The number of methoxy groups -OCH3 is 1. The predicted molar refractivity (Wildman–Crippen MR) is 79.4 cm³/mol. The Labute approximate surface area is 127 Å². The van der Waals surface area contributed by atoms with Crippen LogP contribution in [0.3, 0.4) is 0 Å². The number of fused-ring (bicyclic) bond motifs is 1. The van der Waals surface area contributed by atoms with Crippen LogP contribution in [-0.2, 0) is 16.1 Å². The van der Waals surface area contributed by atoms with Crippen molar-refractivity contribution in [2.24, 2.45) is 0 Å². The van der Waals surface area contributed by atoms with E-state index in [0.717, 1.165) is 41.4 Å². The first kappa shape index (κ1) is 15.0. The molecule has 4 nitrogen and oxygen atoms in total. The Balaban J connectivity index is 1.78. The molecule has 1 heterocycles. The van der Waals surface area contributed by atoms with Crippen LogP contribution in [0.5, 0.6) is 0 Å². The summed E-state index contributed by atoms with van der Waals surface area (Å²) < 4.78 is 5.59. The Morgan fingerprint density at radius 3 is 2.85 bits per heavy atom. The standard InChI is InChI=1S/C15H18BrNO3/c1-20-14(18)8-3-2-4-9-17-10-12-11(15(17)19)6-5-7-13(12)16/h5-7H,2-4,8-10H2,1H3. The van der Waals surface area contributed by atoms with Gasteiger partial charge in [0.15, 0.2) is 0 Å². The highest BCUT2D eigenvalue weighted by Crippen LogP contribution is 2.29. The van der Waals surface area contributed by atoms with Crippen LogP contribution in [0, 0.1) is 0 Å². The number of ether oxygens (including phenoxy) is 1. The molecule has 0 aromatic heterocycles. The molecule has 108 valence electrons. The van der Waals surface area contributed by atoms with Crippen LogP contribution < -0.4 is 0 Å². The van der Waals surface area contributed by atoms with E-state index in [2.05, 4.69) is 20.7 Å². The summed E-state index contributed by atoms with van der Waals surface area (Å²) in [5, 5.41) is 0. The topological polar surface area (TPSA) is 46.6 Å². The molecule has 20 heavy (non-hydrogen) atoms. The van der Waals surface area contributed by atoms with Gasteiger partial charge in [-0.1, -0.05) is 28.4 Å². The zero-order chi connectivity index (χ0) is 14.5. The number of amides is 1. The van der Waals surface area contributed by atoms with E-state index < -0.39 is 0 Å². The first-order chi connectivity index (χ1) is 9.63. The van der Waals surface area contributed by atoms with Crippen LogP contribution in [0.25, 0.3) is 0 Å². The number of esters is 1. The van der Waals surface area contributed by atoms with Gasteiger partial charge in [-0.05, 0) is 30.5 Å². The zero-order valence-corrected chi connectivity index (χ0v) is 13.1. The third kappa shape index (κ3) is 3.39. The lowest BCUT2D eigenvalue weighted by atomic mass is 10.1. The Kier molecular flexibility index (Phi) is 5.17. The number of nitrogens with zero attached hydrogens (tertiary/aromatic N) is 1. The summed E-state index contributed by atoms with van der Waals surface area (Å²) >= 11 is 3.49. The van der Waals surface area contributed by atoms with Crippen LogP contribution >= 0.6 is 15.9 Å². The van der Waals surface area contributed by atoms with E-state index in [1.165, 1.54) is 7.11 Å². The number of carbonyl (C=O) groups excluding carboxylic acids is 2. The molecule has 0 saturated heterocycles. The SMILES string of the molecule is COC(=O)CCCCCN1Cc2c(Br)cccc2C1=O. The zero-order valence-electron chi connectivity index (χ0n) is 11.5. The van der Waals surface area contributed by atoms with Gasteiger partial charge in [-0.15, -0.1) is 0 Å². The lowest BCUT2D eigenvalue weighted by Gasteiger charge is -2.15. The molecule has 0 unspecified atom stereocenters. The summed E-state index contributed by atoms with van der Waals surface area (Å²) in [4.78, 5) is 25.0. The van der Waals surface area contributed by atoms with Gasteiger partial charge in [-0.2, -0.15) is 0 Å². The summed E-state index contributed by atoms with van der Waals surface area (Å²) in [7, 11) is 1.40. The smallest absolute Gasteiger partial charge is 0.305 e. The minimum Gasteiger partial charge on any atom is -0.469 e. The number of hydrogen-bond acceptors (Lipinski definition) is 3. The van der Waals surface area contributed by atoms with Crippen molar-refractivity contribution in [1.82, 2.24) is 4.90 Å². The third-order valence-corrected chi connectivity index (χ3v) is 4.27. The van der Waals surface area contributed by atoms with Gasteiger partial charge in [0.1, 0.15) is 0 Å². The minimum absolute atomic E-state index is 0.106. The predicted octanol–water partition coefficient (Wildman–Crippen LogP) is 3.14. The van der Waals surface area contributed by atoms with Crippen molar-refractivity contribution in [3.8, 4) is 0 Å². The van der Waals surface area contributed by atoms with Crippen LogP contribution in [0.2, 0.25) is 0 Å². The molecular weight excluding hydrogens is 322 g/mol. The second kappa shape index (κ2) is 6.88. The highest BCUT2D eigenvalue weighted by atomic mass is 79.9. The van der Waals surface area contributed by atoms with Gasteiger partial charge in [0.2, 0.25) is 0 Å². The molecule has 0 bridgehead atoms. The molecule has 5 heteroatoms. The normalized spacial score (nSPS) is 13.5. The second-order valence-corrected chi connectivity index (χ2v) is 5.73. The fraction of sp³-hybridized carbons (Fsp3) is 0.467. The molecule has 2 rings (SSSR count). The minimum atomic E-state index is -0.168. The third-order valence-electron chi connectivity index (χ3n) is 3.52. The molecule has 0 saturated carbocycles. The van der Waals surface area contributed by atoms with Gasteiger partial charge in [0.05, 0.1) is 7.11 Å². The molecule has 1 aromatic rings. The van der Waals surface area contributed by atoms with Crippen molar-refractivity contribution < 1.29 is 14.3 Å². The van der Waals surface area contributed by atoms with E-state index in [9.17, 15) is 9.59 Å². The molecule has 0 radical (unpaired) electrons. The maximum Gasteiger partial charge on any atom is 0.305 e. The van der Waals surface area contributed by atoms with Crippen LogP contribution in [0.15, 0.2) is 22.7 Å². The maximum atomic E-state index is 12.2. The van der Waals surface area contributed by atoms with E-state index in [1.807, 2.05) is 23.1 Å². The Morgan fingerprint density at radius 2 is 2.15 bits per heavy atom. The Morgan fingerprint density at radius 1 is 1.35 bits per heavy atom. The van der Waals surface area contributed by atoms with Crippen molar-refractivity contribution in [2.75, 3.05) is 13.7 Å². The average Bonchev–Trinajstić information content (AvgIpc) is 2.77. The summed E-state index contributed by atoms with van der Waals surface area (Å²) in [5.74, 6) is -0.0622. The Bertz CT molecular complexity index is 516. The molecule has 0 N–H and O–H groups in total. The van der Waals surface area contributed by atoms with Crippen molar-refractivity contribution in [3.63, 3.8) is 0 Å². The molecule has 0 atom stereocenters. The molecule has 0 aliphatic carbocycles. The maximum absolute atomic E-state index is 12.2. The van der Waals surface area contributed by atoms with Crippen LogP contribution in [-0.4, -0.2) is 30.4 Å². The van der Waals surface area contributed by atoms with Crippen molar-refractivity contribution in [2.45, 2.75) is 32.2 Å². The lowest BCUT2D eigenvalue weighted by molar-refractivity contribution is -0.140. The van der Waals surface area contributed by atoms with Gasteiger partial charge in [0, 0.05) is 29.5 Å². The number of carbonyl (C=O) groups is 2. The summed E-state index contributed by atoms with van der Waals surface area (Å²) in [5.41, 5.74) is 1.88. The van der Waals surface area contributed by atoms with Crippen molar-refractivity contribution >= 4 is 27.8 Å². The fourth-order valence-electron chi connectivity index (χ4n) is 2.38. The average molecular weight is 340 g/mol. The largest absolute Gasteiger partial charge is 0.469 e. The number of unbranched alkanes of at least 4 members (excludes halogenated alkanes) is 2. The molecule has 1 amide bonds. The fourth-order valence-corrected chi connectivity index (χ4v) is 2.88. The summed E-state index contributed by atoms with van der Waals surface area (Å²) in [6.07, 6.45) is 3.10. The van der Waals surface area contributed by atoms with Crippen LogP contribution in [0.4, 0.5) is 0 Å². The van der Waals surface area contributed by atoms with Crippen LogP contribution in [0.1, 0.15) is 41.6 Å². The van der Waals surface area contributed by atoms with Gasteiger partial charge in [-0.3, -0.25) is 9.59 Å². The first-order valence-corrected chi connectivity index (χ1v) is 7.56. The molecule has 0 spiro atoms. The summed E-state index contributed by atoms with van der Waals surface area (Å²) in [6.45, 7) is 1.41. The molecule has 0 fully saturated rings. The van der Waals surface area contributed by atoms with Gasteiger partial charge in [0.25, 0.3) is 5.91 Å². The molecular formula is C15H18BrNO3. The number of rotatable bonds is 6. The van der Waals surface area contributed by atoms with E-state index >= 15 is 0 Å².